The Hall–Kier alpha value is -2.86. The summed E-state index contributed by atoms with van der Waals surface area (Å²) >= 11 is 1.63. The van der Waals surface area contributed by atoms with Gasteiger partial charge in [0.05, 0.1) is 17.7 Å². The van der Waals surface area contributed by atoms with Gasteiger partial charge in [-0.3, -0.25) is 4.79 Å². The second-order valence-corrected chi connectivity index (χ2v) is 9.45. The van der Waals surface area contributed by atoms with Crippen LogP contribution in [0, 0.1) is 0 Å². The Morgan fingerprint density at radius 1 is 1.37 bits per heavy atom. The van der Waals surface area contributed by atoms with Crippen molar-refractivity contribution in [1.82, 2.24) is 14.5 Å². The van der Waals surface area contributed by atoms with Crippen LogP contribution in [0.1, 0.15) is 42.5 Å². The number of hydrogen-bond donors (Lipinski definition) is 0. The normalized spacial score (nSPS) is 12.8. The first-order chi connectivity index (χ1) is 14.3. The van der Waals surface area contributed by atoms with E-state index in [-0.39, 0.29) is 11.4 Å². The molecule has 1 aromatic carbocycles. The average molecular weight is 422 g/mol. The fraction of sp³-hybridized carbons (Fsp3) is 0.333. The molecule has 0 N–H and O–H groups in total. The number of aryl methyl sites for hydroxylation is 1. The number of amides is 1. The Balaban J connectivity index is 1.97. The minimum absolute atomic E-state index is 0.0625. The molecule has 1 aliphatic rings. The number of aromatic nitrogens is 2. The predicted molar refractivity (Wildman–Crippen MR) is 123 cm³/mol. The first-order valence-corrected chi connectivity index (χ1v) is 10.9. The minimum Gasteiger partial charge on any atom is -0.496 e. The fourth-order valence-corrected chi connectivity index (χ4v) is 4.50. The topological polar surface area (TPSA) is 47.4 Å². The highest BCUT2D eigenvalue weighted by Gasteiger charge is 2.33. The molecule has 156 valence electrons. The molecule has 0 radical (unpaired) electrons. The fourth-order valence-electron chi connectivity index (χ4n) is 3.78. The summed E-state index contributed by atoms with van der Waals surface area (Å²) in [6.07, 6.45) is 2.62. The lowest BCUT2D eigenvalue weighted by Gasteiger charge is -2.32. The Morgan fingerprint density at radius 3 is 2.73 bits per heavy atom. The van der Waals surface area contributed by atoms with Gasteiger partial charge >= 0.3 is 0 Å². The summed E-state index contributed by atoms with van der Waals surface area (Å²) < 4.78 is 7.64. The van der Waals surface area contributed by atoms with Crippen molar-refractivity contribution in [3.63, 3.8) is 0 Å². The Morgan fingerprint density at radius 2 is 2.13 bits per heavy atom. The van der Waals surface area contributed by atoms with Crippen molar-refractivity contribution >= 4 is 23.3 Å². The second-order valence-electron chi connectivity index (χ2n) is 8.50. The second kappa shape index (κ2) is 7.43. The molecule has 30 heavy (non-hydrogen) atoms. The number of methoxy groups -OCH3 is 1. The monoisotopic (exact) mass is 421 g/mol. The zero-order valence-corrected chi connectivity index (χ0v) is 19.0. The van der Waals surface area contributed by atoms with Gasteiger partial charge in [0.2, 0.25) is 0 Å². The van der Waals surface area contributed by atoms with E-state index in [0.717, 1.165) is 39.6 Å². The van der Waals surface area contributed by atoms with E-state index in [9.17, 15) is 4.79 Å². The lowest BCUT2D eigenvalue weighted by atomic mass is 9.94. The smallest absolute Gasteiger partial charge is 0.290 e. The molecule has 0 fully saturated rings. The van der Waals surface area contributed by atoms with E-state index in [1.807, 2.05) is 39.3 Å². The molecule has 0 saturated carbocycles. The molecule has 6 heteroatoms. The van der Waals surface area contributed by atoms with E-state index in [0.29, 0.717) is 12.4 Å². The van der Waals surface area contributed by atoms with Crippen LogP contribution in [-0.4, -0.2) is 40.1 Å². The lowest BCUT2D eigenvalue weighted by Crippen LogP contribution is -2.43. The summed E-state index contributed by atoms with van der Waals surface area (Å²) in [6.45, 7) is 10.7. The first kappa shape index (κ1) is 20.4. The highest BCUT2D eigenvalue weighted by Crippen LogP contribution is 2.42. The SMILES string of the molecule is C=Cc1cc2c(cc1OC)CCn1c(C(=O)N(C)C(C)(C)C)nc(-c3cccs3)c1-2. The number of hydrogen-bond acceptors (Lipinski definition) is 4. The van der Waals surface area contributed by atoms with Crippen molar-refractivity contribution in [2.75, 3.05) is 14.2 Å². The zero-order chi connectivity index (χ0) is 21.6. The minimum atomic E-state index is -0.289. The van der Waals surface area contributed by atoms with Crippen LogP contribution in [-0.2, 0) is 13.0 Å². The van der Waals surface area contributed by atoms with E-state index < -0.39 is 0 Å². The maximum atomic E-state index is 13.4. The van der Waals surface area contributed by atoms with Crippen molar-refractivity contribution < 1.29 is 9.53 Å². The van der Waals surface area contributed by atoms with Crippen LogP contribution >= 0.6 is 11.3 Å². The molecule has 4 rings (SSSR count). The molecule has 0 bridgehead atoms. The number of rotatable bonds is 4. The van der Waals surface area contributed by atoms with Crippen LogP contribution in [0.3, 0.4) is 0 Å². The molecule has 2 aromatic heterocycles. The van der Waals surface area contributed by atoms with Gasteiger partial charge in [-0.05, 0) is 56.3 Å². The number of benzene rings is 1. The number of carbonyl (C=O) groups is 1. The molecule has 0 unspecified atom stereocenters. The van der Waals surface area contributed by atoms with E-state index in [4.69, 9.17) is 9.72 Å². The molecule has 3 aromatic rings. The van der Waals surface area contributed by atoms with Crippen molar-refractivity contribution in [3.05, 3.63) is 53.2 Å². The predicted octanol–water partition coefficient (Wildman–Crippen LogP) is 5.36. The van der Waals surface area contributed by atoms with Crippen molar-refractivity contribution in [2.24, 2.45) is 0 Å². The highest BCUT2D eigenvalue weighted by molar-refractivity contribution is 7.13. The summed E-state index contributed by atoms with van der Waals surface area (Å²) in [5, 5.41) is 2.04. The van der Waals surface area contributed by atoms with Crippen LogP contribution in [0.2, 0.25) is 0 Å². The number of ether oxygens (including phenoxy) is 1. The quantitative estimate of drug-likeness (QED) is 0.570. The lowest BCUT2D eigenvalue weighted by molar-refractivity contribution is 0.0638. The molecular weight excluding hydrogens is 394 g/mol. The summed E-state index contributed by atoms with van der Waals surface area (Å²) in [6, 6.07) is 8.26. The highest BCUT2D eigenvalue weighted by atomic mass is 32.1. The summed E-state index contributed by atoms with van der Waals surface area (Å²) in [4.78, 5) is 21.1. The number of nitrogens with zero attached hydrogens (tertiary/aromatic N) is 3. The summed E-state index contributed by atoms with van der Waals surface area (Å²) in [5.41, 5.74) is 4.79. The van der Waals surface area contributed by atoms with Gasteiger partial charge in [0.25, 0.3) is 5.91 Å². The van der Waals surface area contributed by atoms with Crippen molar-refractivity contribution in [1.29, 1.82) is 0 Å². The molecule has 3 heterocycles. The Labute approximate surface area is 181 Å². The Bertz CT molecular complexity index is 1120. The Kier molecular flexibility index (Phi) is 5.06. The van der Waals surface area contributed by atoms with Crippen LogP contribution in [0.25, 0.3) is 27.9 Å². The standard InChI is InChI=1S/C24H27N3O2S/c1-7-15-13-17-16(14-18(15)29-6)10-11-27-21(17)20(19-9-8-12-30-19)25-22(27)23(28)26(5)24(2,3)4/h7-9,12-14H,1,10-11H2,2-6H3. The van der Waals surface area contributed by atoms with Crippen LogP contribution in [0.5, 0.6) is 5.75 Å². The maximum absolute atomic E-state index is 13.4. The molecule has 1 amide bonds. The molecule has 0 aliphatic carbocycles. The van der Waals surface area contributed by atoms with Gasteiger partial charge in [-0.1, -0.05) is 18.7 Å². The average Bonchev–Trinajstić information content (AvgIpc) is 3.38. The van der Waals surface area contributed by atoms with E-state index in [2.05, 4.69) is 29.3 Å². The number of thiophene rings is 1. The van der Waals surface area contributed by atoms with Gasteiger partial charge in [0.15, 0.2) is 5.82 Å². The van der Waals surface area contributed by atoms with Gasteiger partial charge in [-0.2, -0.15) is 0 Å². The van der Waals surface area contributed by atoms with E-state index in [1.54, 1.807) is 29.4 Å². The van der Waals surface area contributed by atoms with Crippen LogP contribution < -0.4 is 4.74 Å². The van der Waals surface area contributed by atoms with E-state index >= 15 is 0 Å². The molecule has 5 nitrogen and oxygen atoms in total. The van der Waals surface area contributed by atoms with Crippen molar-refractivity contribution in [2.45, 2.75) is 39.3 Å². The third kappa shape index (κ3) is 3.25. The molecule has 0 spiro atoms. The number of imidazole rings is 1. The van der Waals surface area contributed by atoms with Gasteiger partial charge in [0, 0.05) is 30.3 Å². The molecule has 0 atom stereocenters. The van der Waals surface area contributed by atoms with Crippen LogP contribution in [0.4, 0.5) is 0 Å². The number of carbonyl (C=O) groups excluding carboxylic acids is 1. The largest absolute Gasteiger partial charge is 0.496 e. The zero-order valence-electron chi connectivity index (χ0n) is 18.2. The number of fused-ring (bicyclic) bond motifs is 3. The first-order valence-electron chi connectivity index (χ1n) is 10.0. The third-order valence-electron chi connectivity index (χ3n) is 5.76. The molecular formula is C24H27N3O2S. The van der Waals surface area contributed by atoms with Gasteiger partial charge in [-0.15, -0.1) is 11.3 Å². The summed E-state index contributed by atoms with van der Waals surface area (Å²) in [5.74, 6) is 1.25. The van der Waals surface area contributed by atoms with E-state index in [1.165, 1.54) is 5.56 Å². The van der Waals surface area contributed by atoms with Gasteiger partial charge in [0.1, 0.15) is 11.4 Å². The maximum Gasteiger partial charge on any atom is 0.290 e. The van der Waals surface area contributed by atoms with Gasteiger partial charge in [-0.25, -0.2) is 4.98 Å². The van der Waals surface area contributed by atoms with Gasteiger partial charge < -0.3 is 14.2 Å². The molecule has 0 saturated heterocycles. The third-order valence-corrected chi connectivity index (χ3v) is 6.64. The molecule has 1 aliphatic heterocycles. The van der Waals surface area contributed by atoms with Crippen molar-refractivity contribution in [3.8, 4) is 27.6 Å². The van der Waals surface area contributed by atoms with Crippen LogP contribution in [0.15, 0.2) is 36.2 Å². The summed E-state index contributed by atoms with van der Waals surface area (Å²) in [7, 11) is 3.52.